The number of nitrogens with one attached hydrogen (secondary N) is 1. The first-order chi connectivity index (χ1) is 11.5. The molecule has 1 aliphatic rings. The summed E-state index contributed by atoms with van der Waals surface area (Å²) in [4.78, 5) is 14.6. The Bertz CT molecular complexity index is 707. The maximum atomic E-state index is 12.4. The lowest BCUT2D eigenvalue weighted by molar-refractivity contribution is 0.0946. The number of hydrogen-bond donors (Lipinski definition) is 2. The molecule has 7 nitrogen and oxygen atoms in total. The van der Waals surface area contributed by atoms with Crippen LogP contribution in [0, 0.1) is 6.92 Å². The maximum Gasteiger partial charge on any atom is 0.272 e. The second-order valence-corrected chi connectivity index (χ2v) is 6.37. The third-order valence-corrected chi connectivity index (χ3v) is 4.21. The Labute approximate surface area is 141 Å². The lowest BCUT2D eigenvalue weighted by Crippen LogP contribution is -2.28. The topological polar surface area (TPSA) is 83.5 Å². The summed E-state index contributed by atoms with van der Waals surface area (Å²) >= 11 is 0. The fourth-order valence-electron chi connectivity index (χ4n) is 3.04. The summed E-state index contributed by atoms with van der Waals surface area (Å²) in [5.41, 5.74) is 1.34. The highest BCUT2D eigenvalue weighted by Crippen LogP contribution is 2.16. The second-order valence-electron chi connectivity index (χ2n) is 6.37. The van der Waals surface area contributed by atoms with E-state index < -0.39 is 0 Å². The normalized spacial score (nSPS) is 18.2. The van der Waals surface area contributed by atoms with Crippen molar-refractivity contribution in [3.05, 3.63) is 41.1 Å². The van der Waals surface area contributed by atoms with Gasteiger partial charge in [-0.3, -0.25) is 14.4 Å². The van der Waals surface area contributed by atoms with E-state index in [0.29, 0.717) is 31.7 Å². The Morgan fingerprint density at radius 2 is 2.33 bits per heavy atom. The number of carbonyl (C=O) groups is 1. The fourth-order valence-corrected chi connectivity index (χ4v) is 3.04. The summed E-state index contributed by atoms with van der Waals surface area (Å²) in [7, 11) is 1.81. The maximum absolute atomic E-state index is 12.4. The van der Waals surface area contributed by atoms with Gasteiger partial charge in [-0.25, -0.2) is 0 Å². The van der Waals surface area contributed by atoms with Gasteiger partial charge < -0.3 is 14.8 Å². The molecule has 0 saturated carbocycles. The fraction of sp³-hybridized carbons (Fsp3) is 0.529. The van der Waals surface area contributed by atoms with Crippen LogP contribution in [0.25, 0.3) is 0 Å². The van der Waals surface area contributed by atoms with Crippen molar-refractivity contribution < 1.29 is 14.3 Å². The molecule has 2 N–H and O–H groups in total. The largest absolute Gasteiger partial charge is 0.466 e. The minimum atomic E-state index is -0.268. The number of likely N-dealkylation sites (tertiary alicyclic amines) is 1. The van der Waals surface area contributed by atoms with E-state index >= 15 is 0 Å². The molecule has 0 spiro atoms. The average molecular weight is 332 g/mol. The number of aromatic nitrogens is 2. The third kappa shape index (κ3) is 4.04. The SMILES string of the molecule is Cc1ccc(CCNC(=O)c2nn(C)cc2CN2CCC(O)C2)o1. The Balaban J connectivity index is 1.57. The highest BCUT2D eigenvalue weighted by atomic mass is 16.3. The molecule has 0 radical (unpaired) electrons. The molecular weight excluding hydrogens is 308 g/mol. The highest BCUT2D eigenvalue weighted by molar-refractivity contribution is 5.93. The van der Waals surface area contributed by atoms with Gasteiger partial charge in [0.05, 0.1) is 6.10 Å². The molecule has 1 fully saturated rings. The van der Waals surface area contributed by atoms with E-state index in [4.69, 9.17) is 4.42 Å². The van der Waals surface area contributed by atoms with Crippen molar-refractivity contribution in [1.29, 1.82) is 0 Å². The van der Waals surface area contributed by atoms with Gasteiger partial charge in [0.25, 0.3) is 5.91 Å². The number of β-amino-alcohol motifs (C(OH)–C–C–N with tert-alkyl or cyclic N) is 1. The molecule has 1 aliphatic heterocycles. The van der Waals surface area contributed by atoms with Crippen LogP contribution in [0.4, 0.5) is 0 Å². The minimum Gasteiger partial charge on any atom is -0.466 e. The molecular formula is C17H24N4O3. The zero-order valence-corrected chi connectivity index (χ0v) is 14.2. The van der Waals surface area contributed by atoms with Crippen molar-refractivity contribution in [2.45, 2.75) is 32.4 Å². The van der Waals surface area contributed by atoms with Crippen molar-refractivity contribution >= 4 is 5.91 Å². The number of carbonyl (C=O) groups excluding carboxylic acids is 1. The van der Waals surface area contributed by atoms with Gasteiger partial charge in [0, 0.05) is 51.4 Å². The Morgan fingerprint density at radius 3 is 3.00 bits per heavy atom. The number of amides is 1. The molecule has 3 rings (SSSR count). The van der Waals surface area contributed by atoms with Gasteiger partial charge in [-0.2, -0.15) is 5.10 Å². The zero-order chi connectivity index (χ0) is 17.1. The molecule has 3 heterocycles. The Hall–Kier alpha value is -2.12. The quantitative estimate of drug-likeness (QED) is 0.820. The van der Waals surface area contributed by atoms with Crippen LogP contribution in [0.3, 0.4) is 0 Å². The summed E-state index contributed by atoms with van der Waals surface area (Å²) in [5.74, 6) is 1.56. The number of aliphatic hydroxyl groups excluding tert-OH is 1. The summed E-state index contributed by atoms with van der Waals surface area (Å²) in [6.07, 6.45) is 3.04. The first-order valence-electron chi connectivity index (χ1n) is 8.27. The number of rotatable bonds is 6. The van der Waals surface area contributed by atoms with Crippen LogP contribution in [-0.4, -0.2) is 51.4 Å². The third-order valence-electron chi connectivity index (χ3n) is 4.21. The molecule has 7 heteroatoms. The van der Waals surface area contributed by atoms with Crippen LogP contribution in [0.15, 0.2) is 22.7 Å². The van der Waals surface area contributed by atoms with E-state index in [2.05, 4.69) is 15.3 Å². The lowest BCUT2D eigenvalue weighted by Gasteiger charge is -2.14. The summed E-state index contributed by atoms with van der Waals surface area (Å²) in [5, 5.41) is 16.8. The van der Waals surface area contributed by atoms with Crippen LogP contribution in [0.5, 0.6) is 0 Å². The predicted octanol–water partition coefficient (Wildman–Crippen LogP) is 0.861. The van der Waals surface area contributed by atoms with E-state index in [9.17, 15) is 9.90 Å². The number of furan rings is 1. The van der Waals surface area contributed by atoms with Crippen molar-refractivity contribution in [3.63, 3.8) is 0 Å². The first-order valence-corrected chi connectivity index (χ1v) is 8.27. The van der Waals surface area contributed by atoms with E-state index in [1.165, 1.54) is 0 Å². The smallest absolute Gasteiger partial charge is 0.272 e. The van der Waals surface area contributed by atoms with Crippen LogP contribution >= 0.6 is 0 Å². The number of aryl methyl sites for hydroxylation is 2. The van der Waals surface area contributed by atoms with E-state index in [1.54, 1.807) is 4.68 Å². The highest BCUT2D eigenvalue weighted by Gasteiger charge is 2.23. The van der Waals surface area contributed by atoms with Gasteiger partial charge >= 0.3 is 0 Å². The van der Waals surface area contributed by atoms with Gasteiger partial charge in [0.15, 0.2) is 5.69 Å². The molecule has 0 aliphatic carbocycles. The van der Waals surface area contributed by atoms with Crippen molar-refractivity contribution in [2.75, 3.05) is 19.6 Å². The second kappa shape index (κ2) is 7.19. The monoisotopic (exact) mass is 332 g/mol. The minimum absolute atomic E-state index is 0.173. The summed E-state index contributed by atoms with van der Waals surface area (Å²) < 4.78 is 7.16. The van der Waals surface area contributed by atoms with E-state index in [0.717, 1.165) is 30.0 Å². The molecule has 24 heavy (non-hydrogen) atoms. The van der Waals surface area contributed by atoms with Crippen LogP contribution in [0.1, 0.15) is 34.0 Å². The molecule has 1 atom stereocenters. The number of nitrogens with zero attached hydrogens (tertiary/aromatic N) is 3. The average Bonchev–Trinajstić information content (AvgIpc) is 3.21. The Morgan fingerprint density at radius 1 is 1.50 bits per heavy atom. The standard InChI is InChI=1S/C17H24N4O3/c1-12-3-4-15(24-12)5-7-18-17(23)16-13(9-20(2)19-16)10-21-8-6-14(22)11-21/h3-4,9,14,22H,5-8,10-11H2,1-2H3,(H,18,23). The van der Waals surface area contributed by atoms with Crippen LogP contribution < -0.4 is 5.32 Å². The lowest BCUT2D eigenvalue weighted by atomic mass is 10.2. The van der Waals surface area contributed by atoms with Gasteiger partial charge in [-0.05, 0) is 25.5 Å². The number of hydrogen-bond acceptors (Lipinski definition) is 5. The van der Waals surface area contributed by atoms with Crippen LogP contribution in [-0.2, 0) is 20.0 Å². The molecule has 1 saturated heterocycles. The van der Waals surface area contributed by atoms with Crippen molar-refractivity contribution in [2.24, 2.45) is 7.05 Å². The first kappa shape index (κ1) is 16.7. The van der Waals surface area contributed by atoms with Gasteiger partial charge in [-0.1, -0.05) is 0 Å². The molecule has 2 aromatic rings. The summed E-state index contributed by atoms with van der Waals surface area (Å²) in [6.45, 7) is 4.52. The molecule has 2 aromatic heterocycles. The van der Waals surface area contributed by atoms with Gasteiger partial charge in [0.1, 0.15) is 11.5 Å². The summed E-state index contributed by atoms with van der Waals surface area (Å²) in [6, 6.07) is 3.84. The molecule has 0 bridgehead atoms. The van der Waals surface area contributed by atoms with E-state index in [1.807, 2.05) is 32.3 Å². The number of aliphatic hydroxyl groups is 1. The van der Waals surface area contributed by atoms with Gasteiger partial charge in [0.2, 0.25) is 0 Å². The molecule has 0 aromatic carbocycles. The van der Waals surface area contributed by atoms with Gasteiger partial charge in [-0.15, -0.1) is 0 Å². The molecule has 1 unspecified atom stereocenters. The van der Waals surface area contributed by atoms with Crippen molar-refractivity contribution in [1.82, 2.24) is 20.0 Å². The molecule has 130 valence electrons. The molecule has 1 amide bonds. The van der Waals surface area contributed by atoms with Crippen LogP contribution in [0.2, 0.25) is 0 Å². The predicted molar refractivity (Wildman–Crippen MR) is 88.6 cm³/mol. The van der Waals surface area contributed by atoms with Crippen molar-refractivity contribution in [3.8, 4) is 0 Å². The Kier molecular flexibility index (Phi) is 5.01. The van der Waals surface area contributed by atoms with E-state index in [-0.39, 0.29) is 12.0 Å². The zero-order valence-electron chi connectivity index (χ0n) is 14.2.